The van der Waals surface area contributed by atoms with Crippen LogP contribution in [0.2, 0.25) is 0 Å². The summed E-state index contributed by atoms with van der Waals surface area (Å²) in [6, 6.07) is 4.08. The summed E-state index contributed by atoms with van der Waals surface area (Å²) in [7, 11) is 2.02. The molecule has 1 atom stereocenters. The van der Waals surface area contributed by atoms with Crippen molar-refractivity contribution >= 4 is 17.7 Å². The molecular formula is C19H26N6O. The Bertz CT molecular complexity index is 750. The van der Waals surface area contributed by atoms with Crippen LogP contribution in [0.25, 0.3) is 0 Å². The van der Waals surface area contributed by atoms with Gasteiger partial charge in [-0.05, 0) is 31.4 Å². The molecule has 3 aliphatic rings. The van der Waals surface area contributed by atoms with Crippen LogP contribution in [0.3, 0.4) is 0 Å². The van der Waals surface area contributed by atoms with Crippen molar-refractivity contribution in [1.82, 2.24) is 19.7 Å². The second-order valence-corrected chi connectivity index (χ2v) is 7.37. The van der Waals surface area contributed by atoms with E-state index in [1.165, 1.54) is 5.56 Å². The molecule has 0 aromatic carbocycles. The molecule has 7 heteroatoms. The lowest BCUT2D eigenvalue weighted by Gasteiger charge is -2.38. The number of aliphatic imine (C=N–C) groups is 2. The maximum Gasteiger partial charge on any atom is 0.259 e. The molecule has 26 heavy (non-hydrogen) atoms. The first-order chi connectivity index (χ1) is 12.6. The summed E-state index contributed by atoms with van der Waals surface area (Å²) in [5.74, 6) is 1.34. The van der Waals surface area contributed by atoms with Gasteiger partial charge < -0.3 is 9.80 Å². The molecule has 4 heterocycles. The van der Waals surface area contributed by atoms with E-state index in [2.05, 4.69) is 37.7 Å². The van der Waals surface area contributed by atoms with Gasteiger partial charge in [-0.1, -0.05) is 6.07 Å². The second-order valence-electron chi connectivity index (χ2n) is 7.37. The van der Waals surface area contributed by atoms with E-state index < -0.39 is 0 Å². The summed E-state index contributed by atoms with van der Waals surface area (Å²) >= 11 is 0. The van der Waals surface area contributed by atoms with E-state index >= 15 is 0 Å². The minimum atomic E-state index is -0.133. The van der Waals surface area contributed by atoms with Gasteiger partial charge in [-0.25, -0.2) is 0 Å². The van der Waals surface area contributed by atoms with Gasteiger partial charge in [-0.15, -0.1) is 0 Å². The van der Waals surface area contributed by atoms with Crippen LogP contribution in [0.1, 0.15) is 24.1 Å². The number of guanidine groups is 1. The maximum absolute atomic E-state index is 12.4. The number of piperidine rings is 1. The fraction of sp³-hybridized carbons (Fsp3) is 0.579. The number of nitrogens with zero attached hydrogens (tertiary/aromatic N) is 6. The number of aromatic nitrogens is 1. The summed E-state index contributed by atoms with van der Waals surface area (Å²) in [6.07, 6.45) is 3.76. The largest absolute Gasteiger partial charge is 0.362 e. The summed E-state index contributed by atoms with van der Waals surface area (Å²) < 4.78 is 0. The molecule has 0 aliphatic carbocycles. The van der Waals surface area contributed by atoms with Crippen molar-refractivity contribution in [2.75, 3.05) is 39.8 Å². The van der Waals surface area contributed by atoms with Gasteiger partial charge in [0.2, 0.25) is 5.96 Å². The predicted molar refractivity (Wildman–Crippen MR) is 101 cm³/mol. The third kappa shape index (κ3) is 3.35. The Kier molecular flexibility index (Phi) is 4.72. The van der Waals surface area contributed by atoms with E-state index in [0.29, 0.717) is 5.96 Å². The Morgan fingerprint density at radius 1 is 1.15 bits per heavy atom. The van der Waals surface area contributed by atoms with Gasteiger partial charge in [0.15, 0.2) is 0 Å². The standard InChI is InChI=1S/C19H26N6O/c1-14-5-3-7-20-16(14)13-24-9-11-25(12-10-24)19-21-17-15(18(26)22-19)6-4-8-23(17)2/h3,5,7,15H,4,6,8-13H2,1-2H3. The molecule has 4 rings (SSSR count). The SMILES string of the molecule is Cc1cccnc1CN1CCN(C2=NC(=O)C3CCCN(C)C3=N2)CC1. The third-order valence-electron chi connectivity index (χ3n) is 5.56. The lowest BCUT2D eigenvalue weighted by Crippen LogP contribution is -2.51. The maximum atomic E-state index is 12.4. The van der Waals surface area contributed by atoms with Crippen LogP contribution in [0.5, 0.6) is 0 Å². The molecule has 0 saturated carbocycles. The van der Waals surface area contributed by atoms with Crippen LogP contribution in [-0.2, 0) is 11.3 Å². The first-order valence-electron chi connectivity index (χ1n) is 9.42. The zero-order valence-corrected chi connectivity index (χ0v) is 15.6. The quantitative estimate of drug-likeness (QED) is 0.797. The molecule has 2 saturated heterocycles. The van der Waals surface area contributed by atoms with Gasteiger partial charge in [-0.3, -0.25) is 14.7 Å². The number of piperazine rings is 1. The number of likely N-dealkylation sites (tertiary alicyclic amines) is 1. The number of carbonyl (C=O) groups is 1. The van der Waals surface area contributed by atoms with Gasteiger partial charge in [-0.2, -0.15) is 9.98 Å². The highest BCUT2D eigenvalue weighted by Crippen LogP contribution is 2.23. The lowest BCUT2D eigenvalue weighted by molar-refractivity contribution is -0.120. The van der Waals surface area contributed by atoms with Gasteiger partial charge in [0.25, 0.3) is 5.91 Å². The number of hydrogen-bond donors (Lipinski definition) is 0. The van der Waals surface area contributed by atoms with Crippen molar-refractivity contribution in [3.63, 3.8) is 0 Å². The highest BCUT2D eigenvalue weighted by molar-refractivity contribution is 6.14. The minimum Gasteiger partial charge on any atom is -0.362 e. The van der Waals surface area contributed by atoms with Crippen molar-refractivity contribution < 1.29 is 4.79 Å². The summed E-state index contributed by atoms with van der Waals surface area (Å²) in [5, 5.41) is 0. The zero-order chi connectivity index (χ0) is 18.1. The van der Waals surface area contributed by atoms with Crippen molar-refractivity contribution in [2.45, 2.75) is 26.3 Å². The van der Waals surface area contributed by atoms with Crippen molar-refractivity contribution in [3.8, 4) is 0 Å². The highest BCUT2D eigenvalue weighted by Gasteiger charge is 2.35. The molecule has 1 aromatic heterocycles. The molecule has 2 fully saturated rings. The summed E-state index contributed by atoms with van der Waals surface area (Å²) in [4.78, 5) is 32.6. The monoisotopic (exact) mass is 354 g/mol. The Hall–Kier alpha value is -2.28. The number of pyridine rings is 1. The molecule has 0 bridgehead atoms. The molecular weight excluding hydrogens is 328 g/mol. The minimum absolute atomic E-state index is 0.0249. The molecule has 1 aromatic rings. The van der Waals surface area contributed by atoms with Crippen LogP contribution in [0.15, 0.2) is 28.3 Å². The summed E-state index contributed by atoms with van der Waals surface area (Å²) in [6.45, 7) is 7.46. The van der Waals surface area contributed by atoms with E-state index in [-0.39, 0.29) is 11.8 Å². The molecule has 0 radical (unpaired) electrons. The first-order valence-corrected chi connectivity index (χ1v) is 9.42. The van der Waals surface area contributed by atoms with Gasteiger partial charge in [0, 0.05) is 52.5 Å². The van der Waals surface area contributed by atoms with Crippen LogP contribution < -0.4 is 0 Å². The van der Waals surface area contributed by atoms with Crippen LogP contribution >= 0.6 is 0 Å². The number of carbonyl (C=O) groups excluding carboxylic acids is 1. The highest BCUT2D eigenvalue weighted by atomic mass is 16.1. The van der Waals surface area contributed by atoms with Crippen molar-refractivity contribution in [3.05, 3.63) is 29.6 Å². The molecule has 1 amide bonds. The number of aryl methyl sites for hydroxylation is 1. The van der Waals surface area contributed by atoms with E-state index in [1.807, 2.05) is 19.3 Å². The van der Waals surface area contributed by atoms with Crippen molar-refractivity contribution in [2.24, 2.45) is 15.9 Å². The number of rotatable bonds is 2. The molecule has 0 N–H and O–H groups in total. The zero-order valence-electron chi connectivity index (χ0n) is 15.6. The summed E-state index contributed by atoms with van der Waals surface area (Å²) in [5.41, 5.74) is 2.37. The topological polar surface area (TPSA) is 64.4 Å². The van der Waals surface area contributed by atoms with Crippen molar-refractivity contribution in [1.29, 1.82) is 0 Å². The van der Waals surface area contributed by atoms with Crippen LogP contribution in [0, 0.1) is 12.8 Å². The Balaban J connectivity index is 1.40. The molecule has 1 unspecified atom stereocenters. The lowest BCUT2D eigenvalue weighted by atomic mass is 9.95. The smallest absolute Gasteiger partial charge is 0.259 e. The Labute approximate surface area is 154 Å². The molecule has 3 aliphatic heterocycles. The van der Waals surface area contributed by atoms with Crippen LogP contribution in [0.4, 0.5) is 0 Å². The van der Waals surface area contributed by atoms with Gasteiger partial charge in [0.1, 0.15) is 5.84 Å². The van der Waals surface area contributed by atoms with E-state index in [9.17, 15) is 4.79 Å². The van der Waals surface area contributed by atoms with E-state index in [0.717, 1.165) is 63.6 Å². The van der Waals surface area contributed by atoms with Crippen LogP contribution in [-0.4, -0.2) is 77.2 Å². The van der Waals surface area contributed by atoms with E-state index in [4.69, 9.17) is 4.99 Å². The first kappa shape index (κ1) is 17.1. The predicted octanol–water partition coefficient (Wildman–Crippen LogP) is 1.14. The average molecular weight is 354 g/mol. The normalized spacial score (nSPS) is 24.2. The fourth-order valence-corrected chi connectivity index (χ4v) is 3.89. The molecule has 138 valence electrons. The number of fused-ring (bicyclic) bond motifs is 1. The number of hydrogen-bond acceptors (Lipinski definition) is 6. The Morgan fingerprint density at radius 3 is 2.73 bits per heavy atom. The number of amidine groups is 1. The molecule has 7 nitrogen and oxygen atoms in total. The fourth-order valence-electron chi connectivity index (χ4n) is 3.89. The van der Waals surface area contributed by atoms with Gasteiger partial charge in [0.05, 0.1) is 11.6 Å². The average Bonchev–Trinajstić information content (AvgIpc) is 2.65. The van der Waals surface area contributed by atoms with E-state index in [1.54, 1.807) is 0 Å². The van der Waals surface area contributed by atoms with Gasteiger partial charge >= 0.3 is 0 Å². The second kappa shape index (κ2) is 7.15. The molecule has 0 spiro atoms. The Morgan fingerprint density at radius 2 is 1.96 bits per heavy atom. The third-order valence-corrected chi connectivity index (χ3v) is 5.56. The number of amides is 1.